The lowest BCUT2D eigenvalue weighted by atomic mass is 9.90. The minimum atomic E-state index is -1.53. The van der Waals surface area contributed by atoms with Crippen LogP contribution in [0.3, 0.4) is 0 Å². The van der Waals surface area contributed by atoms with Gasteiger partial charge >= 0.3 is 0 Å². The van der Waals surface area contributed by atoms with E-state index in [4.69, 9.17) is 28.4 Å². The highest BCUT2D eigenvalue weighted by molar-refractivity contribution is 5.56. The summed E-state index contributed by atoms with van der Waals surface area (Å²) in [6, 6.07) is 9.02. The third kappa shape index (κ3) is 4.29. The third-order valence-corrected chi connectivity index (χ3v) is 6.56. The van der Waals surface area contributed by atoms with Crippen LogP contribution < -0.4 is 18.9 Å². The minimum Gasteiger partial charge on any atom is -0.493 e. The maximum absolute atomic E-state index is 10.2. The Morgan fingerprint density at radius 3 is 2.49 bits per heavy atom. The number of hydrogen-bond donors (Lipinski definition) is 5. The first kappa shape index (κ1) is 24.1. The quantitative estimate of drug-likeness (QED) is 0.353. The molecule has 35 heavy (non-hydrogen) atoms. The van der Waals surface area contributed by atoms with Gasteiger partial charge in [0.1, 0.15) is 30.5 Å². The summed E-state index contributed by atoms with van der Waals surface area (Å²) in [7, 11) is 1.50. The van der Waals surface area contributed by atoms with Crippen LogP contribution >= 0.6 is 0 Å². The van der Waals surface area contributed by atoms with Crippen molar-refractivity contribution < 1.29 is 54.0 Å². The van der Waals surface area contributed by atoms with Gasteiger partial charge in [-0.15, -0.1) is 0 Å². The van der Waals surface area contributed by atoms with Crippen LogP contribution in [0.25, 0.3) is 0 Å². The van der Waals surface area contributed by atoms with Gasteiger partial charge < -0.3 is 54.0 Å². The van der Waals surface area contributed by atoms with Crippen molar-refractivity contribution in [1.29, 1.82) is 0 Å². The van der Waals surface area contributed by atoms with Crippen LogP contribution in [0.2, 0.25) is 0 Å². The Hall–Kier alpha value is -2.64. The van der Waals surface area contributed by atoms with Crippen LogP contribution in [-0.2, 0) is 16.1 Å². The Labute approximate surface area is 201 Å². The van der Waals surface area contributed by atoms with Crippen LogP contribution in [0.15, 0.2) is 30.3 Å². The SMILES string of the molecule is COc1cc(CO[C@@H]2O[C@H](CO)[C@@H](O)[C@H](O)[C@H]2O)cc2c1O[C@@H](c1ccc3c(c1)OCO3)[C@@H]2CO. The molecule has 0 radical (unpaired) electrons. The molecule has 190 valence electrons. The van der Waals surface area contributed by atoms with E-state index in [0.717, 1.165) is 11.1 Å². The normalized spacial score (nSPS) is 31.2. The van der Waals surface area contributed by atoms with E-state index >= 15 is 0 Å². The summed E-state index contributed by atoms with van der Waals surface area (Å²) in [5.41, 5.74) is 2.18. The van der Waals surface area contributed by atoms with E-state index in [2.05, 4.69) is 0 Å². The molecule has 2 aromatic carbocycles. The molecule has 11 heteroatoms. The molecule has 2 aromatic rings. The Balaban J connectivity index is 1.37. The molecule has 0 amide bonds. The second kappa shape index (κ2) is 9.78. The molecule has 5 rings (SSSR count). The topological polar surface area (TPSA) is 157 Å². The fraction of sp³-hybridized carbons (Fsp3) is 0.500. The van der Waals surface area contributed by atoms with Gasteiger partial charge in [0, 0.05) is 5.56 Å². The lowest BCUT2D eigenvalue weighted by Gasteiger charge is -2.39. The first-order valence-electron chi connectivity index (χ1n) is 11.2. The molecule has 3 aliphatic rings. The highest BCUT2D eigenvalue weighted by atomic mass is 16.7. The first-order chi connectivity index (χ1) is 16.9. The zero-order chi connectivity index (χ0) is 24.7. The molecular formula is C24H28O11. The summed E-state index contributed by atoms with van der Waals surface area (Å²) < 4.78 is 33.7. The lowest BCUT2D eigenvalue weighted by molar-refractivity contribution is -0.304. The number of aliphatic hydroxyl groups excluding tert-OH is 5. The summed E-state index contributed by atoms with van der Waals surface area (Å²) >= 11 is 0. The summed E-state index contributed by atoms with van der Waals surface area (Å²) in [5, 5.41) is 49.8. The molecular weight excluding hydrogens is 464 g/mol. The Kier molecular flexibility index (Phi) is 6.73. The van der Waals surface area contributed by atoms with Crippen LogP contribution in [0.5, 0.6) is 23.0 Å². The molecule has 3 aliphatic heterocycles. The van der Waals surface area contributed by atoms with E-state index in [1.165, 1.54) is 7.11 Å². The fourth-order valence-corrected chi connectivity index (χ4v) is 4.66. The van der Waals surface area contributed by atoms with Crippen molar-refractivity contribution in [2.24, 2.45) is 0 Å². The average Bonchev–Trinajstić information content (AvgIpc) is 3.50. The number of aliphatic hydroxyl groups is 5. The predicted octanol–water partition coefficient (Wildman–Crippen LogP) is -0.0500. The summed E-state index contributed by atoms with van der Waals surface area (Å²) in [5.74, 6) is 1.81. The van der Waals surface area contributed by atoms with Gasteiger partial charge in [0.25, 0.3) is 0 Å². The van der Waals surface area contributed by atoms with Crippen LogP contribution in [0.1, 0.15) is 28.7 Å². The van der Waals surface area contributed by atoms with Crippen molar-refractivity contribution >= 4 is 0 Å². The second-order valence-electron chi connectivity index (χ2n) is 8.66. The first-order valence-corrected chi connectivity index (χ1v) is 11.2. The number of fused-ring (bicyclic) bond motifs is 2. The number of ether oxygens (including phenoxy) is 6. The monoisotopic (exact) mass is 492 g/mol. The molecule has 0 spiro atoms. The second-order valence-corrected chi connectivity index (χ2v) is 8.66. The smallest absolute Gasteiger partial charge is 0.231 e. The summed E-state index contributed by atoms with van der Waals surface area (Å²) in [4.78, 5) is 0. The van der Waals surface area contributed by atoms with Gasteiger partial charge in [0.15, 0.2) is 29.3 Å². The largest absolute Gasteiger partial charge is 0.493 e. The van der Waals surface area contributed by atoms with Gasteiger partial charge in [0.2, 0.25) is 6.79 Å². The Morgan fingerprint density at radius 1 is 0.943 bits per heavy atom. The van der Waals surface area contributed by atoms with Gasteiger partial charge in [-0.1, -0.05) is 6.07 Å². The van der Waals surface area contributed by atoms with E-state index < -0.39 is 49.3 Å². The molecule has 1 fully saturated rings. The molecule has 5 N–H and O–H groups in total. The third-order valence-electron chi connectivity index (χ3n) is 6.56. The molecule has 3 heterocycles. The van der Waals surface area contributed by atoms with Gasteiger partial charge in [-0.3, -0.25) is 0 Å². The minimum absolute atomic E-state index is 0.0425. The van der Waals surface area contributed by atoms with Crippen LogP contribution in [0, 0.1) is 0 Å². The van der Waals surface area contributed by atoms with Crippen molar-refractivity contribution in [3.63, 3.8) is 0 Å². The molecule has 0 saturated carbocycles. The van der Waals surface area contributed by atoms with Gasteiger partial charge in [0.05, 0.1) is 32.8 Å². The molecule has 1 saturated heterocycles. The molecule has 0 unspecified atom stereocenters. The van der Waals surface area contributed by atoms with E-state index in [0.29, 0.717) is 28.6 Å². The molecule has 0 aromatic heterocycles. The zero-order valence-corrected chi connectivity index (χ0v) is 18.9. The highest BCUT2D eigenvalue weighted by Crippen LogP contribution is 2.51. The fourth-order valence-electron chi connectivity index (χ4n) is 4.66. The Bertz CT molecular complexity index is 1060. The maximum atomic E-state index is 10.2. The number of rotatable bonds is 7. The average molecular weight is 492 g/mol. The van der Waals surface area contributed by atoms with Crippen LogP contribution in [0.4, 0.5) is 0 Å². The Morgan fingerprint density at radius 2 is 1.74 bits per heavy atom. The standard InChI is InChI=1S/C24H28O11/c1-30-17-5-11(9-31-24-21(29)20(28)19(27)18(8-26)34-24)4-13-14(7-25)22(35-23(13)17)12-2-3-15-16(6-12)33-10-32-15/h2-6,14,18-22,24-29H,7-10H2,1H3/t14-,18-,19-,20+,21-,22+,24-/m1/s1. The summed E-state index contributed by atoms with van der Waals surface area (Å²) in [6.07, 6.45) is -7.33. The number of hydrogen-bond acceptors (Lipinski definition) is 11. The van der Waals surface area contributed by atoms with E-state index in [9.17, 15) is 25.5 Å². The van der Waals surface area contributed by atoms with Crippen molar-refractivity contribution in [3.8, 4) is 23.0 Å². The molecule has 11 nitrogen and oxygen atoms in total. The van der Waals surface area contributed by atoms with Gasteiger partial charge in [-0.05, 0) is 35.4 Å². The number of methoxy groups -OCH3 is 1. The van der Waals surface area contributed by atoms with E-state index in [1.807, 2.05) is 18.2 Å². The molecule has 0 aliphatic carbocycles. The van der Waals surface area contributed by atoms with Gasteiger partial charge in [-0.2, -0.15) is 0 Å². The van der Waals surface area contributed by atoms with Crippen LogP contribution in [-0.4, -0.2) is 83.4 Å². The molecule has 0 bridgehead atoms. The maximum Gasteiger partial charge on any atom is 0.231 e. The molecule has 7 atom stereocenters. The van der Waals surface area contributed by atoms with Crippen molar-refractivity contribution in [2.45, 2.75) is 49.3 Å². The predicted molar refractivity (Wildman–Crippen MR) is 117 cm³/mol. The van der Waals surface area contributed by atoms with E-state index in [-0.39, 0.29) is 20.0 Å². The summed E-state index contributed by atoms with van der Waals surface area (Å²) in [6.45, 7) is -0.626. The number of benzene rings is 2. The van der Waals surface area contributed by atoms with Crippen molar-refractivity contribution in [1.82, 2.24) is 0 Å². The van der Waals surface area contributed by atoms with E-state index in [1.54, 1.807) is 12.1 Å². The zero-order valence-electron chi connectivity index (χ0n) is 18.9. The van der Waals surface area contributed by atoms with Crippen molar-refractivity contribution in [2.75, 3.05) is 27.1 Å². The van der Waals surface area contributed by atoms with Gasteiger partial charge in [-0.25, -0.2) is 0 Å². The highest BCUT2D eigenvalue weighted by Gasteiger charge is 2.44. The van der Waals surface area contributed by atoms with Crippen molar-refractivity contribution in [3.05, 3.63) is 47.0 Å². The lowest BCUT2D eigenvalue weighted by Crippen LogP contribution is -2.59.